The summed E-state index contributed by atoms with van der Waals surface area (Å²) >= 11 is 0. The molecular formula is C12H15N5O2. The lowest BCUT2D eigenvalue weighted by Gasteiger charge is -2.08. The lowest BCUT2D eigenvalue weighted by atomic mass is 10.2. The first kappa shape index (κ1) is 12.9. The van der Waals surface area contributed by atoms with E-state index in [1.54, 1.807) is 25.2 Å². The summed E-state index contributed by atoms with van der Waals surface area (Å²) in [5.41, 5.74) is 7.47. The van der Waals surface area contributed by atoms with Gasteiger partial charge in [0.05, 0.1) is 0 Å². The van der Waals surface area contributed by atoms with E-state index in [0.29, 0.717) is 11.4 Å². The number of hydrogen-bond donors (Lipinski definition) is 2. The minimum Gasteiger partial charge on any atom is -0.399 e. The first-order chi connectivity index (χ1) is 8.97. The Morgan fingerprint density at radius 2 is 2.21 bits per heavy atom. The van der Waals surface area contributed by atoms with Gasteiger partial charge in [0, 0.05) is 18.4 Å². The Hall–Kier alpha value is -2.57. The van der Waals surface area contributed by atoms with Crippen LogP contribution in [0.4, 0.5) is 11.4 Å². The zero-order chi connectivity index (χ0) is 14.0. The maximum absolute atomic E-state index is 11.8. The normalized spacial score (nSPS) is 10.4. The molecule has 19 heavy (non-hydrogen) atoms. The summed E-state index contributed by atoms with van der Waals surface area (Å²) in [7, 11) is 1.58. The molecule has 1 amide bonds. The number of carbonyl (C=O) groups is 1. The van der Waals surface area contributed by atoms with Crippen molar-refractivity contribution in [2.24, 2.45) is 7.05 Å². The molecule has 3 N–H and O–H groups in total. The molecule has 7 heteroatoms. The van der Waals surface area contributed by atoms with Gasteiger partial charge in [-0.2, -0.15) is 5.10 Å². The minimum absolute atomic E-state index is 0.122. The second kappa shape index (κ2) is 4.97. The van der Waals surface area contributed by atoms with Gasteiger partial charge >= 0.3 is 5.69 Å². The Bertz CT molecular complexity index is 671. The summed E-state index contributed by atoms with van der Waals surface area (Å²) in [6.07, 6.45) is 1.37. The number of hydrogen-bond acceptors (Lipinski definition) is 4. The number of aromatic nitrogens is 3. The van der Waals surface area contributed by atoms with Crippen LogP contribution in [0, 0.1) is 6.92 Å². The van der Waals surface area contributed by atoms with E-state index in [1.807, 2.05) is 6.92 Å². The summed E-state index contributed by atoms with van der Waals surface area (Å²) in [5.74, 6) is -0.311. The quantitative estimate of drug-likeness (QED) is 0.767. The predicted octanol–water partition coefficient (Wildman–Crippen LogP) is 0.111. The van der Waals surface area contributed by atoms with Gasteiger partial charge in [-0.05, 0) is 30.7 Å². The maximum atomic E-state index is 11.8. The zero-order valence-corrected chi connectivity index (χ0v) is 10.8. The number of nitrogens with one attached hydrogen (secondary N) is 1. The Balaban J connectivity index is 2.09. The molecule has 0 atom stereocenters. The molecule has 0 saturated carbocycles. The number of rotatable bonds is 3. The molecule has 1 aromatic carbocycles. The molecule has 1 heterocycles. The molecule has 0 bridgehead atoms. The third kappa shape index (κ3) is 2.82. The summed E-state index contributed by atoms with van der Waals surface area (Å²) in [6, 6.07) is 5.20. The molecule has 0 aliphatic heterocycles. The second-order valence-corrected chi connectivity index (χ2v) is 4.30. The van der Waals surface area contributed by atoms with Crippen LogP contribution in [-0.2, 0) is 18.4 Å². The van der Waals surface area contributed by atoms with Gasteiger partial charge in [0.25, 0.3) is 0 Å². The van der Waals surface area contributed by atoms with E-state index in [0.717, 1.165) is 10.2 Å². The van der Waals surface area contributed by atoms with Crippen LogP contribution < -0.4 is 16.7 Å². The smallest absolute Gasteiger partial charge is 0.345 e. The van der Waals surface area contributed by atoms with E-state index in [2.05, 4.69) is 10.4 Å². The van der Waals surface area contributed by atoms with Crippen LogP contribution in [0.3, 0.4) is 0 Å². The fraction of sp³-hybridized carbons (Fsp3) is 0.250. The fourth-order valence-corrected chi connectivity index (χ4v) is 1.68. The lowest BCUT2D eigenvalue weighted by Crippen LogP contribution is -2.29. The first-order valence-corrected chi connectivity index (χ1v) is 5.72. The topological polar surface area (TPSA) is 94.9 Å². The number of aryl methyl sites for hydroxylation is 2. The average Bonchev–Trinajstić information content (AvgIpc) is 2.65. The Morgan fingerprint density at radius 3 is 2.79 bits per heavy atom. The molecule has 0 fully saturated rings. The third-order valence-electron chi connectivity index (χ3n) is 2.70. The molecule has 0 unspecified atom stereocenters. The Labute approximate surface area is 109 Å². The number of benzene rings is 1. The van der Waals surface area contributed by atoms with Gasteiger partial charge in [0.2, 0.25) is 5.91 Å². The molecule has 100 valence electrons. The van der Waals surface area contributed by atoms with Crippen molar-refractivity contribution in [1.29, 1.82) is 0 Å². The molecular weight excluding hydrogens is 246 g/mol. The highest BCUT2D eigenvalue weighted by atomic mass is 16.2. The van der Waals surface area contributed by atoms with Crippen LogP contribution >= 0.6 is 0 Å². The highest BCUT2D eigenvalue weighted by Gasteiger charge is 2.09. The van der Waals surface area contributed by atoms with Crippen molar-refractivity contribution in [3.05, 3.63) is 40.6 Å². The van der Waals surface area contributed by atoms with E-state index >= 15 is 0 Å². The van der Waals surface area contributed by atoms with Gasteiger partial charge in [0.1, 0.15) is 12.9 Å². The van der Waals surface area contributed by atoms with Crippen LogP contribution in [0.25, 0.3) is 0 Å². The van der Waals surface area contributed by atoms with E-state index < -0.39 is 0 Å². The molecule has 1 aromatic heterocycles. The molecule has 0 aliphatic carbocycles. The molecule has 2 rings (SSSR count). The summed E-state index contributed by atoms with van der Waals surface area (Å²) in [4.78, 5) is 23.4. The van der Waals surface area contributed by atoms with Gasteiger partial charge in [-0.3, -0.25) is 9.36 Å². The molecule has 0 radical (unpaired) electrons. The molecule has 0 aliphatic rings. The van der Waals surface area contributed by atoms with Crippen molar-refractivity contribution in [2.45, 2.75) is 13.5 Å². The highest BCUT2D eigenvalue weighted by molar-refractivity contribution is 5.91. The minimum atomic E-state index is -0.329. The summed E-state index contributed by atoms with van der Waals surface area (Å²) in [5, 5.41) is 6.54. The number of anilines is 2. The zero-order valence-electron chi connectivity index (χ0n) is 10.8. The standard InChI is InChI=1S/C12H15N5O2/c1-8-5-9(13)3-4-10(8)15-11(18)6-17-12(19)16(2)7-14-17/h3-5,7H,6,13H2,1-2H3,(H,15,18). The summed E-state index contributed by atoms with van der Waals surface area (Å²) < 4.78 is 2.41. The van der Waals surface area contributed by atoms with E-state index in [1.165, 1.54) is 10.9 Å². The fourth-order valence-electron chi connectivity index (χ4n) is 1.68. The second-order valence-electron chi connectivity index (χ2n) is 4.30. The van der Waals surface area contributed by atoms with Crippen LogP contribution in [0.2, 0.25) is 0 Å². The summed E-state index contributed by atoms with van der Waals surface area (Å²) in [6.45, 7) is 1.72. The van der Waals surface area contributed by atoms with Crippen LogP contribution in [-0.4, -0.2) is 20.3 Å². The first-order valence-electron chi connectivity index (χ1n) is 5.72. The average molecular weight is 261 g/mol. The number of nitrogens with two attached hydrogens (primary N) is 1. The largest absolute Gasteiger partial charge is 0.399 e. The van der Waals surface area contributed by atoms with Crippen LogP contribution in [0.5, 0.6) is 0 Å². The third-order valence-corrected chi connectivity index (χ3v) is 2.70. The van der Waals surface area contributed by atoms with E-state index in [9.17, 15) is 9.59 Å². The van der Waals surface area contributed by atoms with Gasteiger partial charge in [0.15, 0.2) is 0 Å². The van der Waals surface area contributed by atoms with Crippen molar-refractivity contribution < 1.29 is 4.79 Å². The number of carbonyl (C=O) groups excluding carboxylic acids is 1. The van der Waals surface area contributed by atoms with Crippen LogP contribution in [0.15, 0.2) is 29.3 Å². The van der Waals surface area contributed by atoms with Crippen molar-refractivity contribution in [3.63, 3.8) is 0 Å². The Kier molecular flexibility index (Phi) is 3.37. The Morgan fingerprint density at radius 1 is 1.47 bits per heavy atom. The molecule has 7 nitrogen and oxygen atoms in total. The molecule has 0 saturated heterocycles. The monoisotopic (exact) mass is 261 g/mol. The van der Waals surface area contributed by atoms with Crippen molar-refractivity contribution in [1.82, 2.24) is 14.3 Å². The highest BCUT2D eigenvalue weighted by Crippen LogP contribution is 2.17. The lowest BCUT2D eigenvalue weighted by molar-refractivity contribution is -0.117. The van der Waals surface area contributed by atoms with Gasteiger partial charge < -0.3 is 11.1 Å². The maximum Gasteiger partial charge on any atom is 0.345 e. The van der Waals surface area contributed by atoms with Gasteiger partial charge in [-0.1, -0.05) is 0 Å². The van der Waals surface area contributed by atoms with E-state index in [4.69, 9.17) is 5.73 Å². The molecule has 0 spiro atoms. The predicted molar refractivity (Wildman–Crippen MR) is 71.7 cm³/mol. The van der Waals surface area contributed by atoms with Crippen molar-refractivity contribution in [3.8, 4) is 0 Å². The van der Waals surface area contributed by atoms with Gasteiger partial charge in [-0.25, -0.2) is 9.48 Å². The molecule has 2 aromatic rings. The number of amides is 1. The number of nitrogens with zero attached hydrogens (tertiary/aromatic N) is 3. The van der Waals surface area contributed by atoms with Crippen LogP contribution in [0.1, 0.15) is 5.56 Å². The SMILES string of the molecule is Cc1cc(N)ccc1NC(=O)Cn1ncn(C)c1=O. The van der Waals surface area contributed by atoms with Gasteiger partial charge in [-0.15, -0.1) is 0 Å². The van der Waals surface area contributed by atoms with E-state index in [-0.39, 0.29) is 18.1 Å². The number of nitrogen functional groups attached to an aromatic ring is 1. The van der Waals surface area contributed by atoms with Crippen molar-refractivity contribution in [2.75, 3.05) is 11.1 Å². The van der Waals surface area contributed by atoms with Crippen molar-refractivity contribution >= 4 is 17.3 Å².